The number of nitrogen functional groups attached to an aromatic ring is 1. The van der Waals surface area contributed by atoms with Crippen LogP contribution < -0.4 is 10.5 Å². The number of benzene rings is 2. The second kappa shape index (κ2) is 5.44. The lowest BCUT2D eigenvalue weighted by atomic mass is 10.1. The van der Waals surface area contributed by atoms with Gasteiger partial charge in [0, 0.05) is 22.9 Å². The van der Waals surface area contributed by atoms with E-state index >= 15 is 0 Å². The van der Waals surface area contributed by atoms with Gasteiger partial charge in [-0.15, -0.1) is 0 Å². The van der Waals surface area contributed by atoms with Crippen molar-refractivity contribution < 1.29 is 9.84 Å². The Morgan fingerprint density at radius 2 is 2.04 bits per heavy atom. The van der Waals surface area contributed by atoms with Crippen molar-refractivity contribution >= 4 is 5.69 Å². The molecule has 5 heteroatoms. The van der Waals surface area contributed by atoms with Crippen LogP contribution in [0.2, 0.25) is 0 Å². The van der Waals surface area contributed by atoms with Crippen LogP contribution in [0.3, 0.4) is 0 Å². The zero-order valence-corrected chi connectivity index (χ0v) is 12.6. The Balaban J connectivity index is 1.75. The normalized spacial score (nSPS) is 12.9. The molecule has 1 aliphatic rings. The molecule has 0 unspecified atom stereocenters. The number of aliphatic hydroxyl groups is 1. The Hall–Kier alpha value is -2.79. The number of hydrogen-bond donors (Lipinski definition) is 2. The van der Waals surface area contributed by atoms with Crippen LogP contribution in [-0.4, -0.2) is 14.9 Å². The maximum absolute atomic E-state index is 9.51. The zero-order valence-electron chi connectivity index (χ0n) is 12.6. The van der Waals surface area contributed by atoms with E-state index in [0.717, 1.165) is 33.8 Å². The van der Waals surface area contributed by atoms with Gasteiger partial charge in [0.2, 0.25) is 0 Å². The summed E-state index contributed by atoms with van der Waals surface area (Å²) in [5.74, 6) is 0.813. The largest absolute Gasteiger partial charge is 0.487 e. The van der Waals surface area contributed by atoms with Crippen molar-refractivity contribution in [3.05, 3.63) is 65.4 Å². The summed E-state index contributed by atoms with van der Waals surface area (Å²) in [6.07, 6.45) is 0. The van der Waals surface area contributed by atoms with Crippen molar-refractivity contribution in [1.82, 2.24) is 9.78 Å². The minimum atomic E-state index is -0.00300. The van der Waals surface area contributed by atoms with Crippen LogP contribution >= 0.6 is 0 Å². The molecule has 0 radical (unpaired) electrons. The van der Waals surface area contributed by atoms with Crippen LogP contribution in [0.25, 0.3) is 11.3 Å². The molecule has 0 bridgehead atoms. The molecular formula is C18H17N3O2. The highest BCUT2D eigenvalue weighted by molar-refractivity contribution is 5.64. The fourth-order valence-electron chi connectivity index (χ4n) is 2.90. The third-order valence-corrected chi connectivity index (χ3v) is 4.11. The molecule has 0 atom stereocenters. The quantitative estimate of drug-likeness (QED) is 0.714. The Labute approximate surface area is 133 Å². The Bertz CT molecular complexity index is 870. The third kappa shape index (κ3) is 2.45. The Morgan fingerprint density at radius 3 is 2.91 bits per heavy atom. The van der Waals surface area contributed by atoms with Crippen LogP contribution in [0, 0.1) is 0 Å². The molecule has 1 aromatic heterocycles. The van der Waals surface area contributed by atoms with E-state index < -0.39 is 0 Å². The van der Waals surface area contributed by atoms with Gasteiger partial charge in [0.05, 0.1) is 24.5 Å². The second-order valence-corrected chi connectivity index (χ2v) is 5.65. The van der Waals surface area contributed by atoms with Gasteiger partial charge in [0.25, 0.3) is 0 Å². The first kappa shape index (κ1) is 13.8. The van der Waals surface area contributed by atoms with Gasteiger partial charge in [-0.05, 0) is 17.7 Å². The monoisotopic (exact) mass is 307 g/mol. The number of anilines is 1. The van der Waals surface area contributed by atoms with E-state index in [2.05, 4.69) is 0 Å². The third-order valence-electron chi connectivity index (χ3n) is 4.11. The fraction of sp³-hybridized carbons (Fsp3) is 0.167. The molecule has 4 rings (SSSR count). The lowest BCUT2D eigenvalue weighted by molar-refractivity contribution is 0.282. The van der Waals surface area contributed by atoms with E-state index in [0.29, 0.717) is 18.8 Å². The highest BCUT2D eigenvalue weighted by Crippen LogP contribution is 2.30. The summed E-state index contributed by atoms with van der Waals surface area (Å²) >= 11 is 0. The molecular weight excluding hydrogens is 290 g/mol. The molecule has 5 nitrogen and oxygen atoms in total. The minimum absolute atomic E-state index is 0.00300. The van der Waals surface area contributed by atoms with Crippen molar-refractivity contribution in [3.8, 4) is 17.0 Å². The van der Waals surface area contributed by atoms with Crippen molar-refractivity contribution in [2.75, 3.05) is 5.73 Å². The van der Waals surface area contributed by atoms with E-state index in [1.165, 1.54) is 0 Å². The molecule has 3 aromatic rings. The van der Waals surface area contributed by atoms with E-state index in [1.54, 1.807) is 0 Å². The van der Waals surface area contributed by atoms with Crippen LogP contribution in [0.1, 0.15) is 16.8 Å². The van der Waals surface area contributed by atoms with Gasteiger partial charge in [-0.3, -0.25) is 4.68 Å². The summed E-state index contributed by atoms with van der Waals surface area (Å²) in [4.78, 5) is 0. The summed E-state index contributed by atoms with van der Waals surface area (Å²) in [6.45, 7) is 1.09. The molecule has 23 heavy (non-hydrogen) atoms. The molecule has 0 saturated heterocycles. The van der Waals surface area contributed by atoms with Crippen molar-refractivity contribution in [3.63, 3.8) is 0 Å². The molecule has 0 fully saturated rings. The van der Waals surface area contributed by atoms with Gasteiger partial charge >= 0.3 is 0 Å². The lowest BCUT2D eigenvalue weighted by Gasteiger charge is -2.07. The predicted molar refractivity (Wildman–Crippen MR) is 87.9 cm³/mol. The minimum Gasteiger partial charge on any atom is -0.487 e. The number of ether oxygens (including phenoxy) is 1. The van der Waals surface area contributed by atoms with Crippen LogP contribution in [-0.2, 0) is 19.8 Å². The number of rotatable bonds is 2. The number of aliphatic hydroxyl groups excluding tert-OH is 1. The molecule has 3 N–H and O–H groups in total. The van der Waals surface area contributed by atoms with Gasteiger partial charge in [-0.25, -0.2) is 0 Å². The molecule has 0 aliphatic carbocycles. The van der Waals surface area contributed by atoms with Gasteiger partial charge < -0.3 is 15.6 Å². The van der Waals surface area contributed by atoms with Crippen molar-refractivity contribution in [1.29, 1.82) is 0 Å². The molecule has 0 spiro atoms. The highest BCUT2D eigenvalue weighted by Gasteiger charge is 2.18. The molecule has 0 amide bonds. The maximum Gasteiger partial charge on any atom is 0.130 e. The van der Waals surface area contributed by atoms with Gasteiger partial charge in [-0.2, -0.15) is 5.10 Å². The van der Waals surface area contributed by atoms with Crippen LogP contribution in [0.4, 0.5) is 5.69 Å². The predicted octanol–water partition coefficient (Wildman–Crippen LogP) is 2.57. The van der Waals surface area contributed by atoms with E-state index in [1.807, 2.05) is 53.2 Å². The number of hydrogen-bond acceptors (Lipinski definition) is 4. The lowest BCUT2D eigenvalue weighted by Crippen LogP contribution is -2.04. The van der Waals surface area contributed by atoms with E-state index in [-0.39, 0.29) is 6.61 Å². The Kier molecular flexibility index (Phi) is 3.28. The van der Waals surface area contributed by atoms with E-state index in [4.69, 9.17) is 15.6 Å². The SMILES string of the molecule is Nc1ccc2c(c1)OCc1cc(-c3ccccc3CO)nn1C2. The first-order valence-electron chi connectivity index (χ1n) is 7.51. The zero-order chi connectivity index (χ0) is 15.8. The van der Waals surface area contributed by atoms with Gasteiger partial charge in [-0.1, -0.05) is 30.3 Å². The molecule has 2 heterocycles. The van der Waals surface area contributed by atoms with Crippen LogP contribution in [0.5, 0.6) is 5.75 Å². The average molecular weight is 307 g/mol. The van der Waals surface area contributed by atoms with Gasteiger partial charge in [0.1, 0.15) is 12.4 Å². The van der Waals surface area contributed by atoms with Crippen molar-refractivity contribution in [2.45, 2.75) is 19.8 Å². The summed E-state index contributed by atoms with van der Waals surface area (Å²) in [5.41, 5.74) is 11.3. The van der Waals surface area contributed by atoms with E-state index in [9.17, 15) is 5.11 Å². The average Bonchev–Trinajstić information content (AvgIpc) is 2.90. The smallest absolute Gasteiger partial charge is 0.130 e. The van der Waals surface area contributed by atoms with Gasteiger partial charge in [0.15, 0.2) is 0 Å². The number of aromatic nitrogens is 2. The highest BCUT2D eigenvalue weighted by atomic mass is 16.5. The molecule has 0 saturated carbocycles. The maximum atomic E-state index is 9.51. The summed E-state index contributed by atoms with van der Waals surface area (Å²) in [5, 5.41) is 14.2. The number of fused-ring (bicyclic) bond motifs is 2. The second-order valence-electron chi connectivity index (χ2n) is 5.65. The number of nitrogens with two attached hydrogens (primary N) is 1. The van der Waals surface area contributed by atoms with Crippen molar-refractivity contribution in [2.24, 2.45) is 0 Å². The fourth-order valence-corrected chi connectivity index (χ4v) is 2.90. The first-order chi connectivity index (χ1) is 11.2. The molecule has 116 valence electrons. The summed E-state index contributed by atoms with van der Waals surface area (Å²) < 4.78 is 7.82. The standard InChI is InChI=1S/C18H17N3O2/c19-14-6-5-12-9-21-15(11-23-18(12)7-14)8-17(20-21)16-4-2-1-3-13(16)10-22/h1-8,22H,9-11,19H2. The summed E-state index contributed by atoms with van der Waals surface area (Å²) in [7, 11) is 0. The molecule has 2 aromatic carbocycles. The van der Waals surface area contributed by atoms with Crippen LogP contribution in [0.15, 0.2) is 48.5 Å². The molecule has 1 aliphatic heterocycles. The Morgan fingerprint density at radius 1 is 1.17 bits per heavy atom. The summed E-state index contributed by atoms with van der Waals surface area (Å²) in [6, 6.07) is 15.5. The first-order valence-corrected chi connectivity index (χ1v) is 7.51. The topological polar surface area (TPSA) is 73.3 Å². The number of nitrogens with zero attached hydrogens (tertiary/aromatic N) is 2.